The van der Waals surface area contributed by atoms with Crippen molar-refractivity contribution in [2.24, 2.45) is 0 Å². The number of nitrogens with zero attached hydrogens (tertiary/aromatic N) is 2. The van der Waals surface area contributed by atoms with Crippen LogP contribution in [0.3, 0.4) is 0 Å². The van der Waals surface area contributed by atoms with E-state index in [0.717, 1.165) is 16.0 Å². The maximum Gasteiger partial charge on any atom is 0.338 e. The van der Waals surface area contributed by atoms with Crippen molar-refractivity contribution >= 4 is 28.2 Å². The van der Waals surface area contributed by atoms with Crippen LogP contribution in [0.1, 0.15) is 55.2 Å². The van der Waals surface area contributed by atoms with Gasteiger partial charge in [-0.3, -0.25) is 9.69 Å². The van der Waals surface area contributed by atoms with Gasteiger partial charge >= 0.3 is 5.97 Å². The molecular weight excluding hydrogens is 450 g/mol. The third-order valence-corrected chi connectivity index (χ3v) is 8.02. The fraction of sp³-hybridized carbons (Fsp3) is 0.308. The summed E-state index contributed by atoms with van der Waals surface area (Å²) in [6.07, 6.45) is 0.527. The smallest absolute Gasteiger partial charge is 0.338 e. The van der Waals surface area contributed by atoms with Gasteiger partial charge in [0, 0.05) is 36.6 Å². The Balaban J connectivity index is 1.49. The first-order chi connectivity index (χ1) is 16.4. The van der Waals surface area contributed by atoms with E-state index in [4.69, 9.17) is 10.5 Å². The Bertz CT molecular complexity index is 1260. The SMILES string of the molecule is COc1cccc2c1C(=O)N(C[C@@H]1Cc3c(sc(N)c3C(=O)O)CN1[C@@H](C)c1ccccc1)C2. The van der Waals surface area contributed by atoms with Gasteiger partial charge in [0.25, 0.3) is 5.91 Å². The molecule has 0 saturated heterocycles. The van der Waals surface area contributed by atoms with Crippen LogP contribution in [-0.4, -0.2) is 46.5 Å². The van der Waals surface area contributed by atoms with Crippen LogP contribution >= 0.6 is 11.3 Å². The number of carboxylic acid groups (broad SMARTS) is 1. The third-order valence-electron chi connectivity index (χ3n) is 6.97. The summed E-state index contributed by atoms with van der Waals surface area (Å²) < 4.78 is 5.44. The van der Waals surface area contributed by atoms with E-state index in [1.165, 1.54) is 16.9 Å². The standard InChI is InChI=1S/C26H27N3O4S/c1-15(16-7-4-3-5-8-16)29-14-21-19(23(26(31)32)24(27)34-21)11-18(29)13-28-12-17-9-6-10-20(33-2)22(17)25(28)30/h3-10,15,18H,11-14,27H2,1-2H3,(H,31,32)/t15-,18-/m0/s1. The number of nitrogen functional groups attached to an aromatic ring is 1. The van der Waals surface area contributed by atoms with Crippen LogP contribution < -0.4 is 10.5 Å². The minimum absolute atomic E-state index is 0.0474. The van der Waals surface area contributed by atoms with E-state index in [1.54, 1.807) is 7.11 Å². The van der Waals surface area contributed by atoms with Gasteiger partial charge in [-0.2, -0.15) is 0 Å². The summed E-state index contributed by atoms with van der Waals surface area (Å²) in [5, 5.41) is 10.1. The predicted octanol–water partition coefficient (Wildman–Crippen LogP) is 4.18. The number of aromatic carboxylic acids is 1. The molecule has 2 aliphatic heterocycles. The van der Waals surface area contributed by atoms with Gasteiger partial charge in [-0.05, 0) is 36.1 Å². The Kier molecular flexibility index (Phi) is 5.79. The second-order valence-corrected chi connectivity index (χ2v) is 9.98. The van der Waals surface area contributed by atoms with Crippen molar-refractivity contribution in [3.8, 4) is 5.75 Å². The number of hydrogen-bond acceptors (Lipinski definition) is 6. The van der Waals surface area contributed by atoms with E-state index < -0.39 is 5.97 Å². The molecule has 2 aliphatic rings. The van der Waals surface area contributed by atoms with E-state index in [9.17, 15) is 14.7 Å². The minimum atomic E-state index is -0.993. The number of ether oxygens (including phenoxy) is 1. The Hall–Kier alpha value is -3.36. The van der Waals surface area contributed by atoms with E-state index in [-0.39, 0.29) is 23.6 Å². The predicted molar refractivity (Wildman–Crippen MR) is 131 cm³/mol. The van der Waals surface area contributed by atoms with Crippen LogP contribution in [0.15, 0.2) is 48.5 Å². The van der Waals surface area contributed by atoms with Gasteiger partial charge in [0.05, 0.1) is 18.2 Å². The van der Waals surface area contributed by atoms with Crippen LogP contribution in [0.2, 0.25) is 0 Å². The second-order valence-electron chi connectivity index (χ2n) is 8.85. The quantitative estimate of drug-likeness (QED) is 0.553. The molecule has 7 nitrogen and oxygen atoms in total. The molecule has 0 fully saturated rings. The highest BCUT2D eigenvalue weighted by atomic mass is 32.1. The average molecular weight is 478 g/mol. The summed E-state index contributed by atoms with van der Waals surface area (Å²) in [4.78, 5) is 30.5. The van der Waals surface area contributed by atoms with Gasteiger partial charge in [-0.1, -0.05) is 42.5 Å². The minimum Gasteiger partial charge on any atom is -0.496 e. The van der Waals surface area contributed by atoms with Crippen LogP contribution in [-0.2, 0) is 19.5 Å². The van der Waals surface area contributed by atoms with Crippen molar-refractivity contribution < 1.29 is 19.4 Å². The number of thiophene rings is 1. The molecule has 34 heavy (non-hydrogen) atoms. The molecule has 2 aromatic carbocycles. The molecule has 2 atom stereocenters. The number of fused-ring (bicyclic) bond motifs is 2. The largest absolute Gasteiger partial charge is 0.496 e. The molecule has 1 aromatic heterocycles. The van der Waals surface area contributed by atoms with Crippen LogP contribution in [0, 0.1) is 0 Å². The Morgan fingerprint density at radius 2 is 1.97 bits per heavy atom. The Labute approximate surface area is 202 Å². The van der Waals surface area contributed by atoms with Crippen molar-refractivity contribution in [1.29, 1.82) is 0 Å². The molecule has 8 heteroatoms. The first kappa shape index (κ1) is 22.4. The topological polar surface area (TPSA) is 96.1 Å². The lowest BCUT2D eigenvalue weighted by atomic mass is 9.93. The van der Waals surface area contributed by atoms with Gasteiger partial charge in [0.1, 0.15) is 10.8 Å². The molecule has 0 unspecified atom stereocenters. The van der Waals surface area contributed by atoms with E-state index in [2.05, 4.69) is 24.0 Å². The van der Waals surface area contributed by atoms with Gasteiger partial charge in [-0.25, -0.2) is 4.79 Å². The van der Waals surface area contributed by atoms with Gasteiger partial charge in [0.2, 0.25) is 0 Å². The number of nitrogens with two attached hydrogens (primary N) is 1. The first-order valence-electron chi connectivity index (χ1n) is 11.3. The lowest BCUT2D eigenvalue weighted by molar-refractivity contribution is 0.0594. The molecule has 0 radical (unpaired) electrons. The normalized spacial score (nSPS) is 18.5. The molecule has 0 saturated carbocycles. The lowest BCUT2D eigenvalue weighted by Crippen LogP contribution is -2.48. The number of carboxylic acids is 1. The molecule has 0 spiro atoms. The molecule has 5 rings (SSSR count). The summed E-state index contributed by atoms with van der Waals surface area (Å²) >= 11 is 1.36. The number of rotatable bonds is 6. The highest BCUT2D eigenvalue weighted by molar-refractivity contribution is 7.16. The number of anilines is 1. The highest BCUT2D eigenvalue weighted by Gasteiger charge is 2.39. The summed E-state index contributed by atoms with van der Waals surface area (Å²) in [7, 11) is 1.58. The van der Waals surface area contributed by atoms with Crippen molar-refractivity contribution in [1.82, 2.24) is 9.80 Å². The number of hydrogen-bond donors (Lipinski definition) is 2. The third kappa shape index (κ3) is 3.73. The van der Waals surface area contributed by atoms with Crippen molar-refractivity contribution in [3.63, 3.8) is 0 Å². The van der Waals surface area contributed by atoms with Crippen LogP contribution in [0.4, 0.5) is 5.00 Å². The van der Waals surface area contributed by atoms with Gasteiger partial charge < -0.3 is 20.5 Å². The maximum absolute atomic E-state index is 13.3. The van der Waals surface area contributed by atoms with E-state index in [1.807, 2.05) is 41.3 Å². The summed E-state index contributed by atoms with van der Waals surface area (Å²) in [6, 6.07) is 15.9. The summed E-state index contributed by atoms with van der Waals surface area (Å²) in [5.74, 6) is -0.453. The monoisotopic (exact) mass is 477 g/mol. The fourth-order valence-electron chi connectivity index (χ4n) is 5.26. The molecule has 3 aromatic rings. The molecule has 176 valence electrons. The molecule has 1 amide bonds. The van der Waals surface area contributed by atoms with Crippen molar-refractivity contribution in [3.05, 3.63) is 81.2 Å². The first-order valence-corrected chi connectivity index (χ1v) is 12.1. The summed E-state index contributed by atoms with van der Waals surface area (Å²) in [6.45, 7) is 3.75. The molecule has 0 bridgehead atoms. The number of methoxy groups -OCH3 is 1. The highest BCUT2D eigenvalue weighted by Crippen LogP contribution is 2.41. The molecule has 3 heterocycles. The maximum atomic E-state index is 13.3. The van der Waals surface area contributed by atoms with Crippen LogP contribution in [0.5, 0.6) is 5.75 Å². The van der Waals surface area contributed by atoms with Crippen molar-refractivity contribution in [2.45, 2.75) is 38.5 Å². The fourth-order valence-corrected chi connectivity index (χ4v) is 6.36. The number of carbonyl (C=O) groups excluding carboxylic acids is 1. The lowest BCUT2D eigenvalue weighted by Gasteiger charge is -2.41. The molecular formula is C26H27N3O4S. The Morgan fingerprint density at radius 1 is 1.21 bits per heavy atom. The van der Waals surface area contributed by atoms with Crippen molar-refractivity contribution in [2.75, 3.05) is 19.4 Å². The van der Waals surface area contributed by atoms with Gasteiger partial charge in [-0.15, -0.1) is 11.3 Å². The zero-order valence-electron chi connectivity index (χ0n) is 19.2. The zero-order valence-corrected chi connectivity index (χ0v) is 20.0. The van der Waals surface area contributed by atoms with Gasteiger partial charge in [0.15, 0.2) is 0 Å². The number of benzene rings is 2. The zero-order chi connectivity index (χ0) is 24.0. The number of amides is 1. The molecule has 3 N–H and O–H groups in total. The molecule has 0 aliphatic carbocycles. The summed E-state index contributed by atoms with van der Waals surface area (Å²) in [5.41, 5.74) is 9.89. The van der Waals surface area contributed by atoms with E-state index >= 15 is 0 Å². The Morgan fingerprint density at radius 3 is 2.68 bits per heavy atom. The average Bonchev–Trinajstić information content (AvgIpc) is 3.33. The second kappa shape index (κ2) is 8.77. The number of carbonyl (C=O) groups is 2. The van der Waals surface area contributed by atoms with Crippen LogP contribution in [0.25, 0.3) is 0 Å². The van der Waals surface area contributed by atoms with E-state index in [0.29, 0.717) is 42.4 Å².